The summed E-state index contributed by atoms with van der Waals surface area (Å²) in [6, 6.07) is 7.49. The molecule has 5 heteroatoms. The minimum Gasteiger partial charge on any atom is -0.411 e. The van der Waals surface area contributed by atoms with E-state index in [1.54, 1.807) is 4.90 Å². The Balaban J connectivity index is 2.23. The molecule has 0 fully saturated rings. The zero-order valence-electron chi connectivity index (χ0n) is 11.8. The number of fused-ring (bicyclic) bond motifs is 1. The minimum absolute atomic E-state index is 0.0786. The lowest BCUT2D eigenvalue weighted by Gasteiger charge is -2.23. The molecule has 1 aliphatic heterocycles. The number of hydrogen-bond donors (Lipinski definition) is 2. The molecule has 2 amide bonds. The molecule has 0 radical (unpaired) electrons. The van der Waals surface area contributed by atoms with Gasteiger partial charge in [0, 0.05) is 18.7 Å². The highest BCUT2D eigenvalue weighted by molar-refractivity contribution is 6.08. The van der Waals surface area contributed by atoms with E-state index in [9.17, 15) is 4.79 Å². The molecule has 0 saturated heterocycles. The summed E-state index contributed by atoms with van der Waals surface area (Å²) in [6.07, 6.45) is 3.49. The Labute approximate surface area is 119 Å². The van der Waals surface area contributed by atoms with Gasteiger partial charge < -0.3 is 10.5 Å². The van der Waals surface area contributed by atoms with Gasteiger partial charge in [0.2, 0.25) is 0 Å². The summed E-state index contributed by atoms with van der Waals surface area (Å²) in [6.45, 7) is 3.42. The van der Waals surface area contributed by atoms with Crippen LogP contribution in [0.5, 0.6) is 0 Å². The highest BCUT2D eigenvalue weighted by Crippen LogP contribution is 2.26. The summed E-state index contributed by atoms with van der Waals surface area (Å²) in [7, 11) is 0. The van der Waals surface area contributed by atoms with Crippen molar-refractivity contribution in [2.45, 2.75) is 32.6 Å². The molecule has 2 N–H and O–H groups in total. The van der Waals surface area contributed by atoms with Gasteiger partial charge >= 0.3 is 6.03 Å². The molecule has 0 aliphatic carbocycles. The van der Waals surface area contributed by atoms with Gasteiger partial charge in [-0.25, -0.2) is 4.79 Å². The van der Waals surface area contributed by atoms with Crippen LogP contribution in [0, 0.1) is 0 Å². The van der Waals surface area contributed by atoms with E-state index in [-0.39, 0.29) is 6.03 Å². The molecule has 108 valence electrons. The maximum atomic E-state index is 12.3. The van der Waals surface area contributed by atoms with Crippen molar-refractivity contribution in [3.63, 3.8) is 0 Å². The summed E-state index contributed by atoms with van der Waals surface area (Å²) in [4.78, 5) is 14.0. The number of unbranched alkanes of at least 4 members (excludes halogenated alkanes) is 1. The lowest BCUT2D eigenvalue weighted by Crippen LogP contribution is -2.41. The molecule has 1 aromatic rings. The third kappa shape index (κ3) is 3.10. The number of carbonyl (C=O) groups excluding carboxylic acids is 1. The highest BCUT2D eigenvalue weighted by Gasteiger charge is 2.23. The van der Waals surface area contributed by atoms with Gasteiger partial charge in [-0.05, 0) is 25.3 Å². The largest absolute Gasteiger partial charge is 0.411 e. The zero-order chi connectivity index (χ0) is 14.4. The van der Waals surface area contributed by atoms with E-state index >= 15 is 0 Å². The molecule has 0 bridgehead atoms. The maximum absolute atomic E-state index is 12.3. The Morgan fingerprint density at radius 1 is 1.45 bits per heavy atom. The van der Waals surface area contributed by atoms with Gasteiger partial charge in [0.05, 0.1) is 11.4 Å². The topological polar surface area (TPSA) is 64.9 Å². The van der Waals surface area contributed by atoms with Crippen LogP contribution in [0.1, 0.15) is 38.2 Å². The van der Waals surface area contributed by atoms with Crippen molar-refractivity contribution in [2.75, 3.05) is 18.0 Å². The average molecular weight is 275 g/mol. The van der Waals surface area contributed by atoms with Crippen LogP contribution < -0.4 is 10.2 Å². The number of anilines is 1. The van der Waals surface area contributed by atoms with Crippen molar-refractivity contribution in [3.05, 3.63) is 29.8 Å². The quantitative estimate of drug-likeness (QED) is 0.506. The summed E-state index contributed by atoms with van der Waals surface area (Å²) < 4.78 is 0. The van der Waals surface area contributed by atoms with E-state index in [1.165, 1.54) is 0 Å². The summed E-state index contributed by atoms with van der Waals surface area (Å²) in [5.74, 6) is 0. The summed E-state index contributed by atoms with van der Waals surface area (Å²) in [5.41, 5.74) is 2.29. The van der Waals surface area contributed by atoms with Gasteiger partial charge in [-0.3, -0.25) is 4.90 Å². The molecule has 20 heavy (non-hydrogen) atoms. The van der Waals surface area contributed by atoms with Crippen LogP contribution in [0.3, 0.4) is 0 Å². The predicted octanol–water partition coefficient (Wildman–Crippen LogP) is 2.97. The number of urea groups is 1. The van der Waals surface area contributed by atoms with E-state index in [0.29, 0.717) is 25.2 Å². The number of nitrogens with zero attached hydrogens (tertiary/aromatic N) is 2. The van der Waals surface area contributed by atoms with Crippen molar-refractivity contribution in [1.29, 1.82) is 0 Å². The molecule has 1 heterocycles. The Morgan fingerprint density at radius 3 is 3.00 bits per heavy atom. The normalized spacial score (nSPS) is 16.6. The molecule has 1 aromatic carbocycles. The van der Waals surface area contributed by atoms with Crippen LogP contribution in [-0.2, 0) is 0 Å². The second-order valence-corrected chi connectivity index (χ2v) is 4.90. The SMILES string of the molecule is CCCCNC(=O)N1CCC/C(=N/O)c2ccccc21. The van der Waals surface area contributed by atoms with Crippen molar-refractivity contribution in [1.82, 2.24) is 5.32 Å². The summed E-state index contributed by atoms with van der Waals surface area (Å²) >= 11 is 0. The first-order valence-corrected chi connectivity index (χ1v) is 7.13. The third-order valence-corrected chi connectivity index (χ3v) is 3.47. The first-order valence-electron chi connectivity index (χ1n) is 7.13. The van der Waals surface area contributed by atoms with Gasteiger partial charge in [0.1, 0.15) is 0 Å². The molecular weight excluding hydrogens is 254 g/mol. The standard InChI is InChI=1S/C15H21N3O2/c1-2-3-10-16-15(19)18-11-6-8-13(17-20)12-7-4-5-9-14(12)18/h4-5,7,9,20H,2-3,6,8,10-11H2,1H3,(H,16,19)/b17-13-. The molecule has 5 nitrogen and oxygen atoms in total. The predicted molar refractivity (Wildman–Crippen MR) is 79.7 cm³/mol. The first kappa shape index (κ1) is 14.4. The van der Waals surface area contributed by atoms with E-state index in [1.807, 2.05) is 24.3 Å². The van der Waals surface area contributed by atoms with E-state index in [2.05, 4.69) is 17.4 Å². The van der Waals surface area contributed by atoms with Crippen molar-refractivity contribution >= 4 is 17.4 Å². The Bertz CT molecular complexity index is 500. The Morgan fingerprint density at radius 2 is 2.25 bits per heavy atom. The number of benzene rings is 1. The monoisotopic (exact) mass is 275 g/mol. The second-order valence-electron chi connectivity index (χ2n) is 4.90. The van der Waals surface area contributed by atoms with Gasteiger partial charge in [0.25, 0.3) is 0 Å². The fraction of sp³-hybridized carbons (Fsp3) is 0.467. The molecule has 1 aliphatic rings. The molecule has 0 aromatic heterocycles. The van der Waals surface area contributed by atoms with E-state index in [0.717, 1.165) is 30.5 Å². The summed E-state index contributed by atoms with van der Waals surface area (Å²) in [5, 5.41) is 15.4. The zero-order valence-corrected chi connectivity index (χ0v) is 11.8. The lowest BCUT2D eigenvalue weighted by molar-refractivity contribution is 0.246. The van der Waals surface area contributed by atoms with Crippen LogP contribution >= 0.6 is 0 Å². The minimum atomic E-state index is -0.0786. The van der Waals surface area contributed by atoms with Crippen molar-refractivity contribution < 1.29 is 10.0 Å². The Kier molecular flexibility index (Phi) is 4.98. The van der Waals surface area contributed by atoms with Crippen LogP contribution in [0.25, 0.3) is 0 Å². The number of hydrogen-bond acceptors (Lipinski definition) is 3. The van der Waals surface area contributed by atoms with Crippen LogP contribution in [0.15, 0.2) is 29.4 Å². The molecule has 0 saturated carbocycles. The van der Waals surface area contributed by atoms with E-state index in [4.69, 9.17) is 5.21 Å². The number of para-hydroxylation sites is 1. The number of carbonyl (C=O) groups is 1. The van der Waals surface area contributed by atoms with Gasteiger partial charge in [-0.1, -0.05) is 36.7 Å². The van der Waals surface area contributed by atoms with Gasteiger partial charge in [0.15, 0.2) is 0 Å². The van der Waals surface area contributed by atoms with Gasteiger partial charge in [-0.2, -0.15) is 0 Å². The fourth-order valence-corrected chi connectivity index (χ4v) is 2.40. The number of nitrogens with one attached hydrogen (secondary N) is 1. The fourth-order valence-electron chi connectivity index (χ4n) is 2.40. The molecular formula is C15H21N3O2. The van der Waals surface area contributed by atoms with Crippen LogP contribution in [0.2, 0.25) is 0 Å². The molecule has 0 spiro atoms. The smallest absolute Gasteiger partial charge is 0.321 e. The number of oxime groups is 1. The van der Waals surface area contributed by atoms with E-state index < -0.39 is 0 Å². The molecule has 0 atom stereocenters. The Hall–Kier alpha value is -2.04. The second kappa shape index (κ2) is 6.93. The third-order valence-electron chi connectivity index (χ3n) is 3.47. The van der Waals surface area contributed by atoms with Gasteiger partial charge in [-0.15, -0.1) is 0 Å². The first-order chi connectivity index (χ1) is 9.77. The number of amides is 2. The van der Waals surface area contributed by atoms with Crippen LogP contribution in [-0.4, -0.2) is 30.0 Å². The highest BCUT2D eigenvalue weighted by atomic mass is 16.4. The average Bonchev–Trinajstić information content (AvgIpc) is 2.66. The maximum Gasteiger partial charge on any atom is 0.321 e. The van der Waals surface area contributed by atoms with Crippen molar-refractivity contribution in [2.24, 2.45) is 5.16 Å². The lowest BCUT2D eigenvalue weighted by atomic mass is 10.1. The van der Waals surface area contributed by atoms with Crippen molar-refractivity contribution in [3.8, 4) is 0 Å². The number of rotatable bonds is 3. The molecule has 2 rings (SSSR count). The van der Waals surface area contributed by atoms with Crippen LogP contribution in [0.4, 0.5) is 10.5 Å². The molecule has 0 unspecified atom stereocenters.